The fourth-order valence-electron chi connectivity index (χ4n) is 3.22. The quantitative estimate of drug-likeness (QED) is 0.699. The van der Waals surface area contributed by atoms with E-state index in [1.165, 1.54) is 11.3 Å². The molecule has 3 rings (SSSR count). The number of nitrogens with one attached hydrogen (secondary N) is 2. The first-order valence-electron chi connectivity index (χ1n) is 9.63. The van der Waals surface area contributed by atoms with E-state index in [1.54, 1.807) is 35.7 Å². The van der Waals surface area contributed by atoms with Crippen LogP contribution in [0.1, 0.15) is 52.8 Å². The first-order valence-corrected chi connectivity index (χ1v) is 10.6. The third-order valence-electron chi connectivity index (χ3n) is 4.76. The van der Waals surface area contributed by atoms with Crippen LogP contribution in [0.4, 0.5) is 5.69 Å². The Morgan fingerprint density at radius 3 is 2.75 bits per heavy atom. The molecular weight excluding hydrogens is 374 g/mol. The van der Waals surface area contributed by atoms with Gasteiger partial charge in [0.25, 0.3) is 11.8 Å². The number of anilines is 1. The average Bonchev–Trinajstić information content (AvgIpc) is 3.16. The van der Waals surface area contributed by atoms with E-state index in [1.807, 2.05) is 10.3 Å². The molecule has 1 aromatic heterocycles. The van der Waals surface area contributed by atoms with Crippen LogP contribution in [0.5, 0.6) is 0 Å². The van der Waals surface area contributed by atoms with Crippen molar-refractivity contribution in [1.82, 2.24) is 10.2 Å². The summed E-state index contributed by atoms with van der Waals surface area (Å²) in [6, 6.07) is 8.70. The molecule has 0 aliphatic carbocycles. The van der Waals surface area contributed by atoms with Gasteiger partial charge in [0.15, 0.2) is 0 Å². The minimum absolute atomic E-state index is 0.213. The summed E-state index contributed by atoms with van der Waals surface area (Å²) >= 11 is 1.45. The third-order valence-corrected chi connectivity index (χ3v) is 5.45. The van der Waals surface area contributed by atoms with Gasteiger partial charge in [-0.3, -0.25) is 14.4 Å². The number of thiophene rings is 1. The van der Waals surface area contributed by atoms with Crippen molar-refractivity contribution in [1.29, 1.82) is 0 Å². The first-order chi connectivity index (χ1) is 13.6. The van der Waals surface area contributed by atoms with Gasteiger partial charge < -0.3 is 15.5 Å². The zero-order chi connectivity index (χ0) is 19.8. The van der Waals surface area contributed by atoms with Gasteiger partial charge in [-0.25, -0.2) is 0 Å². The molecule has 3 amide bonds. The molecule has 0 spiro atoms. The Bertz CT molecular complexity index is 820. The fraction of sp³-hybridized carbons (Fsp3) is 0.381. The van der Waals surface area contributed by atoms with E-state index in [-0.39, 0.29) is 17.7 Å². The zero-order valence-electron chi connectivity index (χ0n) is 15.8. The van der Waals surface area contributed by atoms with Gasteiger partial charge in [0.2, 0.25) is 5.91 Å². The highest BCUT2D eigenvalue weighted by atomic mass is 32.1. The standard InChI is InChI=1S/C21H25N3O3S/c25-19-9-2-1-5-12-24(19)13-6-11-22-21(27)17-7-3-4-8-18(17)23-20(26)16-10-14-28-15-16/h3-4,7-8,10,14-15H,1-2,5-6,9,11-13H2,(H,22,27)(H,23,26). The second-order valence-corrected chi connectivity index (χ2v) is 7.59. The lowest BCUT2D eigenvalue weighted by molar-refractivity contribution is -0.130. The molecule has 1 fully saturated rings. The number of rotatable bonds is 7. The summed E-state index contributed by atoms with van der Waals surface area (Å²) in [6.45, 7) is 1.95. The third kappa shape index (κ3) is 5.42. The van der Waals surface area contributed by atoms with Gasteiger partial charge in [-0.05, 0) is 42.8 Å². The van der Waals surface area contributed by atoms with Crippen molar-refractivity contribution in [3.05, 3.63) is 52.2 Å². The van der Waals surface area contributed by atoms with Gasteiger partial charge in [0.05, 0.1) is 16.8 Å². The summed E-state index contributed by atoms with van der Waals surface area (Å²) in [4.78, 5) is 38.7. The van der Waals surface area contributed by atoms with Crippen molar-refractivity contribution >= 4 is 34.7 Å². The summed E-state index contributed by atoms with van der Waals surface area (Å²) in [5, 5.41) is 9.30. The summed E-state index contributed by atoms with van der Waals surface area (Å²) in [7, 11) is 0. The molecule has 28 heavy (non-hydrogen) atoms. The Morgan fingerprint density at radius 2 is 1.93 bits per heavy atom. The van der Waals surface area contributed by atoms with E-state index in [9.17, 15) is 14.4 Å². The maximum atomic E-state index is 12.6. The second kappa shape index (κ2) is 10.0. The second-order valence-electron chi connectivity index (χ2n) is 6.81. The molecule has 2 heterocycles. The monoisotopic (exact) mass is 399 g/mol. The smallest absolute Gasteiger partial charge is 0.256 e. The number of hydrogen-bond acceptors (Lipinski definition) is 4. The summed E-state index contributed by atoms with van der Waals surface area (Å²) in [6.07, 6.45) is 4.46. The van der Waals surface area contributed by atoms with Gasteiger partial charge in [-0.15, -0.1) is 0 Å². The summed E-state index contributed by atoms with van der Waals surface area (Å²) in [5.41, 5.74) is 1.48. The van der Waals surface area contributed by atoms with Crippen molar-refractivity contribution in [2.45, 2.75) is 32.1 Å². The Labute approximate surface area is 168 Å². The number of nitrogens with zero attached hydrogens (tertiary/aromatic N) is 1. The van der Waals surface area contributed by atoms with Gasteiger partial charge in [-0.1, -0.05) is 18.6 Å². The molecule has 1 saturated heterocycles. The Balaban J connectivity index is 1.51. The molecule has 1 aliphatic rings. The van der Waals surface area contributed by atoms with Crippen LogP contribution in [0.2, 0.25) is 0 Å². The molecule has 0 radical (unpaired) electrons. The Hall–Kier alpha value is -2.67. The van der Waals surface area contributed by atoms with Crippen LogP contribution in [0, 0.1) is 0 Å². The van der Waals surface area contributed by atoms with Crippen LogP contribution < -0.4 is 10.6 Å². The number of likely N-dealkylation sites (tertiary alicyclic amines) is 1. The molecular formula is C21H25N3O3S. The van der Waals surface area contributed by atoms with E-state index < -0.39 is 0 Å². The fourth-order valence-corrected chi connectivity index (χ4v) is 3.86. The van der Waals surface area contributed by atoms with Crippen molar-refractivity contribution in [3.8, 4) is 0 Å². The van der Waals surface area contributed by atoms with E-state index in [0.29, 0.717) is 42.7 Å². The number of carbonyl (C=O) groups is 3. The van der Waals surface area contributed by atoms with Crippen LogP contribution in [0.15, 0.2) is 41.1 Å². The van der Waals surface area contributed by atoms with Crippen LogP contribution in [-0.4, -0.2) is 42.3 Å². The summed E-state index contributed by atoms with van der Waals surface area (Å²) in [5.74, 6) is -0.255. The SMILES string of the molecule is O=C(Nc1ccccc1C(=O)NCCCN1CCCCCC1=O)c1ccsc1. The van der Waals surface area contributed by atoms with Gasteiger partial charge in [0.1, 0.15) is 0 Å². The normalized spacial score (nSPS) is 14.4. The van der Waals surface area contributed by atoms with Crippen molar-refractivity contribution < 1.29 is 14.4 Å². The number of benzene rings is 1. The number of amides is 3. The molecule has 0 bridgehead atoms. The highest BCUT2D eigenvalue weighted by Gasteiger charge is 2.17. The number of hydrogen-bond donors (Lipinski definition) is 2. The van der Waals surface area contributed by atoms with Crippen LogP contribution >= 0.6 is 11.3 Å². The Kier molecular flexibility index (Phi) is 7.19. The van der Waals surface area contributed by atoms with E-state index in [0.717, 1.165) is 25.8 Å². The molecule has 0 unspecified atom stereocenters. The number of para-hydroxylation sites is 1. The summed E-state index contributed by atoms with van der Waals surface area (Å²) < 4.78 is 0. The van der Waals surface area contributed by atoms with E-state index in [4.69, 9.17) is 0 Å². The lowest BCUT2D eigenvalue weighted by Gasteiger charge is -2.20. The largest absolute Gasteiger partial charge is 0.352 e. The van der Waals surface area contributed by atoms with Gasteiger partial charge in [-0.2, -0.15) is 11.3 Å². The molecule has 1 aromatic carbocycles. The molecule has 2 aromatic rings. The first kappa shape index (κ1) is 20.1. The van der Waals surface area contributed by atoms with E-state index >= 15 is 0 Å². The average molecular weight is 400 g/mol. The molecule has 0 atom stereocenters. The highest BCUT2D eigenvalue weighted by Crippen LogP contribution is 2.17. The van der Waals surface area contributed by atoms with Crippen molar-refractivity contribution in [2.24, 2.45) is 0 Å². The molecule has 2 N–H and O–H groups in total. The van der Waals surface area contributed by atoms with Crippen molar-refractivity contribution in [2.75, 3.05) is 25.0 Å². The molecule has 7 heteroatoms. The van der Waals surface area contributed by atoms with Crippen LogP contribution in [0.3, 0.4) is 0 Å². The van der Waals surface area contributed by atoms with Gasteiger partial charge in [0, 0.05) is 31.4 Å². The zero-order valence-corrected chi connectivity index (χ0v) is 16.6. The lowest BCUT2D eigenvalue weighted by atomic mass is 10.1. The highest BCUT2D eigenvalue weighted by molar-refractivity contribution is 7.08. The molecule has 6 nitrogen and oxygen atoms in total. The minimum atomic E-state index is -0.235. The predicted molar refractivity (Wildman–Crippen MR) is 111 cm³/mol. The van der Waals surface area contributed by atoms with Crippen molar-refractivity contribution in [3.63, 3.8) is 0 Å². The molecule has 1 aliphatic heterocycles. The maximum absolute atomic E-state index is 12.6. The van der Waals surface area contributed by atoms with Crippen LogP contribution in [0.25, 0.3) is 0 Å². The molecule has 148 valence electrons. The maximum Gasteiger partial charge on any atom is 0.256 e. The molecule has 0 saturated carbocycles. The predicted octanol–water partition coefficient (Wildman–Crippen LogP) is 3.52. The van der Waals surface area contributed by atoms with Gasteiger partial charge >= 0.3 is 0 Å². The van der Waals surface area contributed by atoms with Crippen LogP contribution in [-0.2, 0) is 4.79 Å². The lowest BCUT2D eigenvalue weighted by Crippen LogP contribution is -2.34. The number of carbonyl (C=O) groups excluding carboxylic acids is 3. The van der Waals surface area contributed by atoms with E-state index in [2.05, 4.69) is 10.6 Å². The minimum Gasteiger partial charge on any atom is -0.352 e. The Morgan fingerprint density at radius 1 is 1.07 bits per heavy atom. The topological polar surface area (TPSA) is 78.5 Å².